The maximum absolute atomic E-state index is 11.7. The van der Waals surface area contributed by atoms with Crippen LogP contribution in [0.25, 0.3) is 0 Å². The first-order valence-electron chi connectivity index (χ1n) is 5.69. The Balaban J connectivity index is 2.44. The first kappa shape index (κ1) is 12.6. The Labute approximate surface area is 102 Å². The van der Waals surface area contributed by atoms with Gasteiger partial charge in [0.1, 0.15) is 5.56 Å². The molecule has 1 aromatic heterocycles. The Morgan fingerprint density at radius 1 is 1.56 bits per heavy atom. The predicted molar refractivity (Wildman–Crippen MR) is 62.0 cm³/mol. The first-order chi connectivity index (χ1) is 8.49. The molecule has 18 heavy (non-hydrogen) atoms. The minimum absolute atomic E-state index is 0.0101. The maximum Gasteiger partial charge on any atom is 0.342 e. The lowest BCUT2D eigenvalue weighted by Gasteiger charge is -2.28. The number of rotatable bonds is 2. The van der Waals surface area contributed by atoms with E-state index < -0.39 is 22.8 Å². The van der Waals surface area contributed by atoms with E-state index in [2.05, 4.69) is 0 Å². The standard InChI is InChI=1S/C11H14N2O5/c1-6-4-7(2-3-18-6)13-5-8(10(15)16)9(14)12-11(13)17/h5-7H,2-4H2,1H3,(H,15,16)(H,12,14,17). The van der Waals surface area contributed by atoms with E-state index in [4.69, 9.17) is 9.84 Å². The zero-order valence-corrected chi connectivity index (χ0v) is 9.88. The van der Waals surface area contributed by atoms with E-state index in [1.807, 2.05) is 11.9 Å². The van der Waals surface area contributed by atoms with Crippen molar-refractivity contribution < 1.29 is 14.6 Å². The molecule has 2 unspecified atom stereocenters. The third-order valence-corrected chi connectivity index (χ3v) is 3.05. The highest BCUT2D eigenvalue weighted by molar-refractivity contribution is 5.86. The van der Waals surface area contributed by atoms with Gasteiger partial charge in [-0.1, -0.05) is 0 Å². The van der Waals surface area contributed by atoms with Gasteiger partial charge in [0.05, 0.1) is 6.10 Å². The average molecular weight is 254 g/mol. The molecular formula is C11H14N2O5. The van der Waals surface area contributed by atoms with Gasteiger partial charge in [0.25, 0.3) is 5.56 Å². The highest BCUT2D eigenvalue weighted by Gasteiger charge is 2.23. The minimum atomic E-state index is -1.34. The van der Waals surface area contributed by atoms with E-state index in [0.717, 1.165) is 6.20 Å². The van der Waals surface area contributed by atoms with Crippen LogP contribution < -0.4 is 11.2 Å². The molecule has 0 spiro atoms. The van der Waals surface area contributed by atoms with Crippen molar-refractivity contribution in [3.05, 3.63) is 32.6 Å². The van der Waals surface area contributed by atoms with Crippen molar-refractivity contribution in [1.29, 1.82) is 0 Å². The van der Waals surface area contributed by atoms with Crippen molar-refractivity contribution in [2.24, 2.45) is 0 Å². The molecule has 1 fully saturated rings. The van der Waals surface area contributed by atoms with E-state index in [0.29, 0.717) is 19.4 Å². The van der Waals surface area contributed by atoms with Crippen molar-refractivity contribution in [2.75, 3.05) is 6.61 Å². The molecule has 2 rings (SSSR count). The Kier molecular flexibility index (Phi) is 3.33. The molecular weight excluding hydrogens is 240 g/mol. The average Bonchev–Trinajstić information content (AvgIpc) is 2.28. The Bertz CT molecular complexity index is 574. The summed E-state index contributed by atoms with van der Waals surface area (Å²) in [5, 5.41) is 8.87. The van der Waals surface area contributed by atoms with Crippen LogP contribution in [0.4, 0.5) is 0 Å². The normalized spacial score (nSPS) is 23.8. The third-order valence-electron chi connectivity index (χ3n) is 3.05. The maximum atomic E-state index is 11.7. The van der Waals surface area contributed by atoms with Crippen LogP contribution in [0.3, 0.4) is 0 Å². The van der Waals surface area contributed by atoms with Crippen molar-refractivity contribution in [3.8, 4) is 0 Å². The van der Waals surface area contributed by atoms with Gasteiger partial charge in [-0.2, -0.15) is 0 Å². The first-order valence-corrected chi connectivity index (χ1v) is 5.69. The summed E-state index contributed by atoms with van der Waals surface area (Å²) in [6, 6.07) is -0.142. The number of H-pyrrole nitrogens is 1. The van der Waals surface area contributed by atoms with Crippen LogP contribution in [-0.4, -0.2) is 33.3 Å². The lowest BCUT2D eigenvalue weighted by molar-refractivity contribution is 0.00495. The number of hydrogen-bond acceptors (Lipinski definition) is 4. The number of aromatic nitrogens is 2. The van der Waals surface area contributed by atoms with Crippen molar-refractivity contribution in [2.45, 2.75) is 31.9 Å². The number of hydrogen-bond donors (Lipinski definition) is 2. The monoisotopic (exact) mass is 254 g/mol. The molecule has 0 aromatic carbocycles. The van der Waals surface area contributed by atoms with Crippen LogP contribution in [0, 0.1) is 0 Å². The van der Waals surface area contributed by atoms with Crippen LogP contribution in [-0.2, 0) is 4.74 Å². The molecule has 2 atom stereocenters. The summed E-state index contributed by atoms with van der Waals surface area (Å²) in [5.74, 6) is -1.34. The quantitative estimate of drug-likeness (QED) is 0.772. The molecule has 0 aliphatic carbocycles. The van der Waals surface area contributed by atoms with Crippen LogP contribution in [0.5, 0.6) is 0 Å². The number of carbonyl (C=O) groups is 1. The molecule has 1 aromatic rings. The molecule has 0 radical (unpaired) electrons. The number of carboxylic acids is 1. The second kappa shape index (κ2) is 4.77. The predicted octanol–water partition coefficient (Wildman–Crippen LogP) is -0.0252. The van der Waals surface area contributed by atoms with Crippen molar-refractivity contribution >= 4 is 5.97 Å². The summed E-state index contributed by atoms with van der Waals surface area (Å²) < 4.78 is 6.65. The van der Waals surface area contributed by atoms with Gasteiger partial charge in [0.15, 0.2) is 0 Å². The van der Waals surface area contributed by atoms with Crippen LogP contribution >= 0.6 is 0 Å². The van der Waals surface area contributed by atoms with Crippen LogP contribution in [0.1, 0.15) is 36.2 Å². The summed E-state index contributed by atoms with van der Waals surface area (Å²) in [4.78, 5) is 35.9. The summed E-state index contributed by atoms with van der Waals surface area (Å²) in [6.45, 7) is 2.40. The number of aromatic carboxylic acids is 1. The summed E-state index contributed by atoms with van der Waals surface area (Å²) >= 11 is 0. The molecule has 2 heterocycles. The van der Waals surface area contributed by atoms with Gasteiger partial charge in [-0.25, -0.2) is 9.59 Å². The van der Waals surface area contributed by atoms with Gasteiger partial charge in [-0.05, 0) is 19.8 Å². The van der Waals surface area contributed by atoms with Crippen molar-refractivity contribution in [1.82, 2.24) is 9.55 Å². The zero-order chi connectivity index (χ0) is 13.3. The van der Waals surface area contributed by atoms with Gasteiger partial charge < -0.3 is 9.84 Å². The third kappa shape index (κ3) is 2.35. The lowest BCUT2D eigenvalue weighted by atomic mass is 10.0. The second-order valence-electron chi connectivity index (χ2n) is 4.37. The minimum Gasteiger partial charge on any atom is -0.477 e. The number of nitrogens with zero attached hydrogens (tertiary/aromatic N) is 1. The molecule has 7 heteroatoms. The second-order valence-corrected chi connectivity index (χ2v) is 4.37. The van der Waals surface area contributed by atoms with Gasteiger partial charge in [-0.15, -0.1) is 0 Å². The number of nitrogens with one attached hydrogen (secondary N) is 1. The van der Waals surface area contributed by atoms with E-state index in [9.17, 15) is 14.4 Å². The molecule has 1 saturated heterocycles. The molecule has 0 bridgehead atoms. The fourth-order valence-corrected chi connectivity index (χ4v) is 2.14. The largest absolute Gasteiger partial charge is 0.477 e. The summed E-state index contributed by atoms with van der Waals surface area (Å²) in [7, 11) is 0. The zero-order valence-electron chi connectivity index (χ0n) is 9.88. The van der Waals surface area contributed by atoms with Crippen LogP contribution in [0.15, 0.2) is 15.8 Å². The number of carboxylic acid groups (broad SMARTS) is 1. The topological polar surface area (TPSA) is 101 Å². The highest BCUT2D eigenvalue weighted by Crippen LogP contribution is 2.23. The molecule has 7 nitrogen and oxygen atoms in total. The molecule has 1 aliphatic heterocycles. The molecule has 2 N–H and O–H groups in total. The fourth-order valence-electron chi connectivity index (χ4n) is 2.14. The van der Waals surface area contributed by atoms with Gasteiger partial charge in [0.2, 0.25) is 0 Å². The molecule has 98 valence electrons. The van der Waals surface area contributed by atoms with Gasteiger partial charge in [0, 0.05) is 18.8 Å². The van der Waals surface area contributed by atoms with E-state index >= 15 is 0 Å². The highest BCUT2D eigenvalue weighted by atomic mass is 16.5. The van der Waals surface area contributed by atoms with Gasteiger partial charge in [-0.3, -0.25) is 14.3 Å². The Hall–Kier alpha value is -1.89. The van der Waals surface area contributed by atoms with Crippen LogP contribution in [0.2, 0.25) is 0 Å². The Morgan fingerprint density at radius 3 is 2.89 bits per heavy atom. The van der Waals surface area contributed by atoms with E-state index in [1.165, 1.54) is 4.57 Å². The molecule has 0 saturated carbocycles. The smallest absolute Gasteiger partial charge is 0.342 e. The van der Waals surface area contributed by atoms with E-state index in [1.54, 1.807) is 0 Å². The van der Waals surface area contributed by atoms with Gasteiger partial charge >= 0.3 is 11.7 Å². The Morgan fingerprint density at radius 2 is 2.28 bits per heavy atom. The molecule has 0 amide bonds. The number of aromatic amines is 1. The molecule has 1 aliphatic rings. The summed E-state index contributed by atoms with van der Waals surface area (Å²) in [6.07, 6.45) is 2.36. The SMILES string of the molecule is CC1CC(n2cc(C(=O)O)c(=O)[nH]c2=O)CCO1. The van der Waals surface area contributed by atoms with Crippen molar-refractivity contribution in [3.63, 3.8) is 0 Å². The lowest BCUT2D eigenvalue weighted by Crippen LogP contribution is -2.38. The van der Waals surface area contributed by atoms with E-state index in [-0.39, 0.29) is 12.1 Å². The fraction of sp³-hybridized carbons (Fsp3) is 0.545. The number of ether oxygens (including phenoxy) is 1. The summed E-state index contributed by atoms with van der Waals surface area (Å²) in [5.41, 5.74) is -1.87.